The zero-order valence-electron chi connectivity index (χ0n) is 11.9. The Bertz CT molecular complexity index is 749. The van der Waals surface area contributed by atoms with Crippen LogP contribution >= 0.6 is 0 Å². The van der Waals surface area contributed by atoms with Gasteiger partial charge in [0, 0.05) is 4.90 Å². The van der Waals surface area contributed by atoms with Crippen LogP contribution in [0.2, 0.25) is 0 Å². The molecule has 0 radical (unpaired) electrons. The van der Waals surface area contributed by atoms with E-state index in [1.54, 1.807) is 54.8 Å². The van der Waals surface area contributed by atoms with Crippen molar-refractivity contribution in [3.63, 3.8) is 0 Å². The molecule has 112 valence electrons. The van der Waals surface area contributed by atoms with Gasteiger partial charge in [0.2, 0.25) is 0 Å². The number of benzene rings is 2. The van der Waals surface area contributed by atoms with Gasteiger partial charge in [-0.25, -0.2) is 0 Å². The molecule has 6 heteroatoms. The van der Waals surface area contributed by atoms with Crippen molar-refractivity contribution in [1.29, 1.82) is 0 Å². The van der Waals surface area contributed by atoms with Crippen LogP contribution in [0.4, 0.5) is 0 Å². The van der Waals surface area contributed by atoms with E-state index in [9.17, 15) is 8.42 Å². The summed E-state index contributed by atoms with van der Waals surface area (Å²) in [5.74, 6) is 0. The van der Waals surface area contributed by atoms with E-state index in [4.69, 9.17) is 5.11 Å². The Kier molecular flexibility index (Phi) is 4.92. The van der Waals surface area contributed by atoms with E-state index in [-0.39, 0.29) is 11.5 Å². The highest BCUT2D eigenvalue weighted by molar-refractivity contribution is 7.99. The molecule has 0 heterocycles. The maximum atomic E-state index is 12.3. The molecule has 1 N–H and O–H groups in total. The predicted octanol–water partition coefficient (Wildman–Crippen LogP) is 2.67. The fraction of sp³-hybridized carbons (Fsp3) is 0.200. The molecule has 0 fully saturated rings. The van der Waals surface area contributed by atoms with E-state index in [2.05, 4.69) is 3.77 Å². The third-order valence-corrected chi connectivity index (χ3v) is 6.48. The maximum Gasteiger partial charge on any atom is 0.288 e. The molecule has 0 saturated carbocycles. The molecule has 0 bridgehead atoms. The van der Waals surface area contributed by atoms with Crippen LogP contribution in [-0.4, -0.2) is 19.8 Å². The number of aliphatic hydroxyl groups excluding tert-OH is 1. The fourth-order valence-corrected chi connectivity index (χ4v) is 4.61. The molecule has 1 atom stereocenters. The number of aryl methyl sites for hydroxylation is 1. The van der Waals surface area contributed by atoms with Gasteiger partial charge in [0.05, 0.1) is 11.5 Å². The van der Waals surface area contributed by atoms with Gasteiger partial charge in [-0.2, -0.15) is 8.42 Å². The molecule has 21 heavy (non-hydrogen) atoms. The van der Waals surface area contributed by atoms with Crippen LogP contribution in [-0.2, 0) is 27.3 Å². The van der Waals surface area contributed by atoms with Gasteiger partial charge in [0.1, 0.15) is 0 Å². The van der Waals surface area contributed by atoms with E-state index in [0.717, 1.165) is 16.0 Å². The molecule has 0 aromatic heterocycles. The molecule has 2 aromatic carbocycles. The van der Waals surface area contributed by atoms with Crippen molar-refractivity contribution < 1.29 is 13.5 Å². The highest BCUT2D eigenvalue weighted by Gasteiger charge is 2.13. The summed E-state index contributed by atoms with van der Waals surface area (Å²) in [6.07, 6.45) is 1.76. The number of hydrogen-bond acceptors (Lipinski definition) is 3. The Labute approximate surface area is 127 Å². The summed E-state index contributed by atoms with van der Waals surface area (Å²) in [4.78, 5) is 1.03. The van der Waals surface area contributed by atoms with E-state index in [0.29, 0.717) is 0 Å². The van der Waals surface area contributed by atoms with Crippen molar-refractivity contribution >= 4 is 20.7 Å². The van der Waals surface area contributed by atoms with Crippen LogP contribution < -0.4 is 0 Å². The van der Waals surface area contributed by atoms with Crippen LogP contribution in [0, 0.1) is 6.92 Å². The second kappa shape index (κ2) is 6.51. The van der Waals surface area contributed by atoms with Crippen molar-refractivity contribution in [1.82, 2.24) is 0 Å². The number of sulfonamides is 1. The van der Waals surface area contributed by atoms with E-state index in [1.807, 2.05) is 6.92 Å². The molecule has 0 aliphatic rings. The Balaban J connectivity index is 2.33. The average molecular weight is 323 g/mol. The molecule has 0 unspecified atom stereocenters. The molecule has 0 aliphatic carbocycles. The monoisotopic (exact) mass is 323 g/mol. The lowest BCUT2D eigenvalue weighted by molar-refractivity contribution is 0.282. The van der Waals surface area contributed by atoms with Gasteiger partial charge in [0.25, 0.3) is 10.0 Å². The molecule has 0 spiro atoms. The molecule has 2 aromatic rings. The van der Waals surface area contributed by atoms with Gasteiger partial charge in [0.15, 0.2) is 0 Å². The van der Waals surface area contributed by atoms with Gasteiger partial charge in [-0.05, 0) is 43.0 Å². The summed E-state index contributed by atoms with van der Waals surface area (Å²) in [6, 6.07) is 13.8. The number of nitrogens with zero attached hydrogens (tertiary/aromatic N) is 1. The first-order valence-electron chi connectivity index (χ1n) is 6.33. The lowest BCUT2D eigenvalue weighted by Crippen LogP contribution is -2.00. The van der Waals surface area contributed by atoms with E-state index < -0.39 is 20.7 Å². The lowest BCUT2D eigenvalue weighted by atomic mass is 10.2. The van der Waals surface area contributed by atoms with Gasteiger partial charge in [-0.15, -0.1) is 3.77 Å². The zero-order valence-corrected chi connectivity index (χ0v) is 13.5. The normalized spacial score (nSPS) is 13.3. The maximum absolute atomic E-state index is 12.3. The quantitative estimate of drug-likeness (QED) is 0.940. The smallest absolute Gasteiger partial charge is 0.288 e. The molecule has 0 amide bonds. The minimum Gasteiger partial charge on any atom is -0.392 e. The third kappa shape index (κ3) is 4.00. The van der Waals surface area contributed by atoms with Crippen molar-refractivity contribution in [3.8, 4) is 0 Å². The Hall–Kier alpha value is -1.50. The summed E-state index contributed by atoms with van der Waals surface area (Å²) in [6.45, 7) is 1.87. The van der Waals surface area contributed by atoms with Crippen molar-refractivity contribution in [3.05, 3.63) is 59.7 Å². The second-order valence-corrected chi connectivity index (χ2v) is 8.09. The van der Waals surface area contributed by atoms with Crippen LogP contribution in [0.5, 0.6) is 0 Å². The fourth-order valence-electron chi connectivity index (χ4n) is 1.74. The summed E-state index contributed by atoms with van der Waals surface area (Å²) in [5.41, 5.74) is 1.79. The first-order valence-corrected chi connectivity index (χ1v) is 9.36. The van der Waals surface area contributed by atoms with Gasteiger partial charge >= 0.3 is 0 Å². The Morgan fingerprint density at radius 2 is 1.62 bits per heavy atom. The van der Waals surface area contributed by atoms with Gasteiger partial charge in [-0.3, -0.25) is 0 Å². The second-order valence-electron chi connectivity index (χ2n) is 4.64. The van der Waals surface area contributed by atoms with E-state index >= 15 is 0 Å². The average Bonchev–Trinajstić information content (AvgIpc) is 2.47. The van der Waals surface area contributed by atoms with Crippen LogP contribution in [0.25, 0.3) is 0 Å². The van der Waals surface area contributed by atoms with Crippen LogP contribution in [0.1, 0.15) is 11.1 Å². The molecule has 2 rings (SSSR count). The topological polar surface area (TPSA) is 66.7 Å². The van der Waals surface area contributed by atoms with Crippen molar-refractivity contribution in [2.45, 2.75) is 23.3 Å². The highest BCUT2D eigenvalue weighted by atomic mass is 32.3. The Morgan fingerprint density at radius 1 is 1.05 bits per heavy atom. The summed E-state index contributed by atoms with van der Waals surface area (Å²) in [7, 11) is -4.42. The van der Waals surface area contributed by atoms with Gasteiger partial charge < -0.3 is 5.11 Å². The van der Waals surface area contributed by atoms with E-state index in [1.165, 1.54) is 0 Å². The Morgan fingerprint density at radius 3 is 2.14 bits per heavy atom. The first-order chi connectivity index (χ1) is 9.92. The summed E-state index contributed by atoms with van der Waals surface area (Å²) >= 11 is 0. The van der Waals surface area contributed by atoms with Crippen LogP contribution in [0.15, 0.2) is 62.1 Å². The van der Waals surface area contributed by atoms with Crippen molar-refractivity contribution in [2.24, 2.45) is 3.77 Å². The third-order valence-electron chi connectivity index (χ3n) is 2.98. The van der Waals surface area contributed by atoms with Crippen LogP contribution in [0.3, 0.4) is 0 Å². The standard InChI is InChI=1S/C15H17NO3S2/c1-12-3-9-15(10-4-12)21(18,19)16-20(2)14-7-5-13(11-17)6-8-14/h3-10,17H,11H2,1-2H3/t20-/m1/s1. The minimum absolute atomic E-state index is 0.0312. The lowest BCUT2D eigenvalue weighted by Gasteiger charge is -2.05. The summed E-state index contributed by atoms with van der Waals surface area (Å²) < 4.78 is 28.5. The first kappa shape index (κ1) is 15.9. The molecule has 0 saturated heterocycles. The molecule has 4 nitrogen and oxygen atoms in total. The number of hydrogen-bond donors (Lipinski definition) is 1. The van der Waals surface area contributed by atoms with Crippen molar-refractivity contribution in [2.75, 3.05) is 6.26 Å². The molecule has 0 aliphatic heterocycles. The highest BCUT2D eigenvalue weighted by Crippen LogP contribution is 2.17. The predicted molar refractivity (Wildman–Crippen MR) is 84.7 cm³/mol. The molecular weight excluding hydrogens is 306 g/mol. The number of rotatable bonds is 4. The molecular formula is C15H17NO3S2. The SMILES string of the molecule is Cc1ccc(S(=O)(=O)N=[S@](C)c2ccc(CO)cc2)cc1. The minimum atomic E-state index is -3.65. The summed E-state index contributed by atoms with van der Waals surface area (Å²) in [5, 5.41) is 9.01. The zero-order chi connectivity index (χ0) is 15.5. The number of aliphatic hydroxyl groups is 1. The largest absolute Gasteiger partial charge is 0.392 e. The van der Waals surface area contributed by atoms with Gasteiger partial charge in [-0.1, -0.05) is 40.5 Å².